The summed E-state index contributed by atoms with van der Waals surface area (Å²) in [4.78, 5) is 2.76. The topological polar surface area (TPSA) is 15.3 Å². The third-order valence-electron chi connectivity index (χ3n) is 4.83. The van der Waals surface area contributed by atoms with Crippen molar-refractivity contribution in [2.75, 3.05) is 19.6 Å². The Hall–Kier alpha value is -0.0800. The summed E-state index contributed by atoms with van der Waals surface area (Å²) in [5.41, 5.74) is 0.486. The molecule has 3 atom stereocenters. The van der Waals surface area contributed by atoms with Gasteiger partial charge in [0.25, 0.3) is 0 Å². The van der Waals surface area contributed by atoms with Crippen LogP contribution in [0.4, 0.5) is 0 Å². The number of hydrogen-bond donors (Lipinski definition) is 1. The molecule has 0 spiro atoms. The summed E-state index contributed by atoms with van der Waals surface area (Å²) >= 11 is 0. The first-order chi connectivity index (χ1) is 7.10. The second-order valence-electron chi connectivity index (χ2n) is 5.91. The van der Waals surface area contributed by atoms with Crippen LogP contribution in [0.3, 0.4) is 0 Å². The second-order valence-corrected chi connectivity index (χ2v) is 5.91. The molecule has 2 heteroatoms. The zero-order chi connectivity index (χ0) is 11.1. The van der Waals surface area contributed by atoms with Crippen molar-refractivity contribution in [3.05, 3.63) is 0 Å². The third kappa shape index (κ3) is 1.83. The largest absolute Gasteiger partial charge is 0.315 e. The summed E-state index contributed by atoms with van der Waals surface area (Å²) in [6, 6.07) is 1.63. The summed E-state index contributed by atoms with van der Waals surface area (Å²) < 4.78 is 0. The molecule has 2 saturated heterocycles. The van der Waals surface area contributed by atoms with Gasteiger partial charge in [0, 0.05) is 18.6 Å². The lowest BCUT2D eigenvalue weighted by atomic mass is 9.79. The van der Waals surface area contributed by atoms with E-state index in [1.54, 1.807) is 0 Å². The Morgan fingerprint density at radius 3 is 2.60 bits per heavy atom. The van der Waals surface area contributed by atoms with Gasteiger partial charge in [0.2, 0.25) is 0 Å². The molecule has 2 fully saturated rings. The van der Waals surface area contributed by atoms with E-state index >= 15 is 0 Å². The van der Waals surface area contributed by atoms with Crippen LogP contribution in [0.15, 0.2) is 0 Å². The van der Waals surface area contributed by atoms with Crippen LogP contribution in [-0.2, 0) is 0 Å². The monoisotopic (exact) mass is 210 g/mol. The minimum atomic E-state index is 0.486. The highest BCUT2D eigenvalue weighted by Crippen LogP contribution is 2.42. The van der Waals surface area contributed by atoms with Crippen LogP contribution in [0.5, 0.6) is 0 Å². The molecule has 0 saturated carbocycles. The molecule has 2 nitrogen and oxygen atoms in total. The van der Waals surface area contributed by atoms with E-state index in [4.69, 9.17) is 0 Å². The van der Waals surface area contributed by atoms with E-state index in [-0.39, 0.29) is 0 Å². The second kappa shape index (κ2) is 4.06. The lowest BCUT2D eigenvalue weighted by Crippen LogP contribution is -2.45. The maximum Gasteiger partial charge on any atom is 0.0264 e. The Bertz CT molecular complexity index is 225. The molecule has 0 aromatic carbocycles. The van der Waals surface area contributed by atoms with Gasteiger partial charge in [-0.3, -0.25) is 4.90 Å². The number of nitrogens with one attached hydrogen (secondary N) is 1. The number of likely N-dealkylation sites (N-methyl/N-ethyl adjacent to an activating group) is 1. The highest BCUT2D eigenvalue weighted by Gasteiger charge is 2.47. The average molecular weight is 210 g/mol. The Morgan fingerprint density at radius 1 is 1.27 bits per heavy atom. The Labute approximate surface area is 94.4 Å². The van der Waals surface area contributed by atoms with Gasteiger partial charge in [0.15, 0.2) is 0 Å². The number of likely N-dealkylation sites (tertiary alicyclic amines) is 1. The summed E-state index contributed by atoms with van der Waals surface area (Å²) in [5.74, 6) is 0.917. The molecule has 3 unspecified atom stereocenters. The van der Waals surface area contributed by atoms with Crippen LogP contribution in [-0.4, -0.2) is 36.6 Å². The van der Waals surface area contributed by atoms with E-state index in [2.05, 4.69) is 37.9 Å². The smallest absolute Gasteiger partial charge is 0.0264 e. The first-order valence-electron chi connectivity index (χ1n) is 6.56. The van der Waals surface area contributed by atoms with Gasteiger partial charge in [-0.2, -0.15) is 0 Å². The molecule has 0 radical (unpaired) electrons. The molecule has 2 aliphatic heterocycles. The van der Waals surface area contributed by atoms with Crippen molar-refractivity contribution in [3.8, 4) is 0 Å². The van der Waals surface area contributed by atoms with Crippen LogP contribution < -0.4 is 5.32 Å². The van der Waals surface area contributed by atoms with Gasteiger partial charge in [-0.25, -0.2) is 0 Å². The molecule has 0 aliphatic carbocycles. The minimum Gasteiger partial charge on any atom is -0.315 e. The molecule has 2 heterocycles. The van der Waals surface area contributed by atoms with Gasteiger partial charge >= 0.3 is 0 Å². The molecular formula is C13H26N2. The fourth-order valence-corrected chi connectivity index (χ4v) is 3.46. The molecule has 15 heavy (non-hydrogen) atoms. The van der Waals surface area contributed by atoms with Crippen LogP contribution >= 0.6 is 0 Å². The first-order valence-corrected chi connectivity index (χ1v) is 6.56. The molecule has 0 amide bonds. The fraction of sp³-hybridized carbons (Fsp3) is 1.00. The predicted molar refractivity (Wildman–Crippen MR) is 65.0 cm³/mol. The quantitative estimate of drug-likeness (QED) is 0.767. The zero-order valence-corrected chi connectivity index (χ0v) is 10.7. The Morgan fingerprint density at radius 2 is 2.00 bits per heavy atom. The van der Waals surface area contributed by atoms with E-state index in [0.717, 1.165) is 18.0 Å². The van der Waals surface area contributed by atoms with Gasteiger partial charge < -0.3 is 5.32 Å². The molecule has 1 N–H and O–H groups in total. The van der Waals surface area contributed by atoms with E-state index in [1.807, 2.05) is 0 Å². The first kappa shape index (κ1) is 11.4. The fourth-order valence-electron chi connectivity index (χ4n) is 3.46. The van der Waals surface area contributed by atoms with Gasteiger partial charge in [-0.05, 0) is 37.3 Å². The highest BCUT2D eigenvalue weighted by molar-refractivity contribution is 5.03. The van der Waals surface area contributed by atoms with Gasteiger partial charge in [0.1, 0.15) is 0 Å². The van der Waals surface area contributed by atoms with Crippen molar-refractivity contribution < 1.29 is 0 Å². The summed E-state index contributed by atoms with van der Waals surface area (Å²) in [5, 5.41) is 3.54. The maximum absolute atomic E-state index is 3.54. The van der Waals surface area contributed by atoms with Crippen LogP contribution in [0.2, 0.25) is 0 Å². The molecule has 0 aromatic rings. The van der Waals surface area contributed by atoms with Gasteiger partial charge in [-0.15, -0.1) is 0 Å². The molecule has 0 bridgehead atoms. The highest BCUT2D eigenvalue weighted by atomic mass is 15.3. The minimum absolute atomic E-state index is 0.486. The SMILES string of the molecule is CCN1C2CNCC2CC1C(C)(C)CC. The van der Waals surface area contributed by atoms with Gasteiger partial charge in [-0.1, -0.05) is 27.7 Å². The summed E-state index contributed by atoms with van der Waals surface area (Å²) in [6.45, 7) is 13.2. The van der Waals surface area contributed by atoms with Gasteiger partial charge in [0.05, 0.1) is 0 Å². The number of nitrogens with zero attached hydrogens (tertiary/aromatic N) is 1. The van der Waals surface area contributed by atoms with Crippen molar-refractivity contribution in [1.82, 2.24) is 10.2 Å². The number of rotatable bonds is 3. The number of fused-ring (bicyclic) bond motifs is 1. The van der Waals surface area contributed by atoms with Crippen molar-refractivity contribution in [2.45, 2.75) is 52.6 Å². The average Bonchev–Trinajstić information content (AvgIpc) is 2.76. The molecule has 88 valence electrons. The molecule has 0 aromatic heterocycles. The molecule has 2 aliphatic rings. The lowest BCUT2D eigenvalue weighted by molar-refractivity contribution is 0.0999. The van der Waals surface area contributed by atoms with Crippen LogP contribution in [0, 0.1) is 11.3 Å². The molecular weight excluding hydrogens is 184 g/mol. The van der Waals surface area contributed by atoms with Crippen LogP contribution in [0.1, 0.15) is 40.5 Å². The standard InChI is InChI=1S/C13H26N2/c1-5-13(3,4)12-7-10-8-14-9-11(10)15(12)6-2/h10-12,14H,5-9H2,1-4H3. The Balaban J connectivity index is 2.14. The summed E-state index contributed by atoms with van der Waals surface area (Å²) in [7, 11) is 0. The van der Waals surface area contributed by atoms with Crippen LogP contribution in [0.25, 0.3) is 0 Å². The third-order valence-corrected chi connectivity index (χ3v) is 4.83. The molecule has 2 rings (SSSR count). The Kier molecular flexibility index (Phi) is 3.09. The normalized spacial score (nSPS) is 37.2. The zero-order valence-electron chi connectivity index (χ0n) is 10.7. The van der Waals surface area contributed by atoms with E-state index in [0.29, 0.717) is 5.41 Å². The lowest BCUT2D eigenvalue weighted by Gasteiger charge is -2.39. The predicted octanol–water partition coefficient (Wildman–Crippen LogP) is 2.10. The van der Waals surface area contributed by atoms with Crippen molar-refractivity contribution in [3.63, 3.8) is 0 Å². The van der Waals surface area contributed by atoms with E-state index < -0.39 is 0 Å². The maximum atomic E-state index is 3.54. The van der Waals surface area contributed by atoms with E-state index in [1.165, 1.54) is 32.5 Å². The number of hydrogen-bond acceptors (Lipinski definition) is 2. The van der Waals surface area contributed by atoms with Crippen molar-refractivity contribution in [1.29, 1.82) is 0 Å². The van der Waals surface area contributed by atoms with Crippen molar-refractivity contribution >= 4 is 0 Å². The van der Waals surface area contributed by atoms with E-state index in [9.17, 15) is 0 Å². The summed E-state index contributed by atoms with van der Waals surface area (Å²) in [6.07, 6.45) is 2.70. The van der Waals surface area contributed by atoms with Crippen molar-refractivity contribution in [2.24, 2.45) is 11.3 Å².